The van der Waals surface area contributed by atoms with Gasteiger partial charge in [-0.3, -0.25) is 4.79 Å². The van der Waals surface area contributed by atoms with Gasteiger partial charge in [-0.15, -0.1) is 0 Å². The van der Waals surface area contributed by atoms with E-state index < -0.39 is 0 Å². The molecule has 1 fully saturated rings. The van der Waals surface area contributed by atoms with Crippen LogP contribution in [0.2, 0.25) is 0 Å². The van der Waals surface area contributed by atoms with E-state index in [4.69, 9.17) is 9.47 Å². The van der Waals surface area contributed by atoms with E-state index in [9.17, 15) is 4.79 Å². The summed E-state index contributed by atoms with van der Waals surface area (Å²) in [5, 5.41) is 3.12. The highest BCUT2D eigenvalue weighted by Gasteiger charge is 2.17. The summed E-state index contributed by atoms with van der Waals surface area (Å²) in [6.45, 7) is 0. The average Bonchev–Trinajstić information content (AvgIpc) is 2.48. The third kappa shape index (κ3) is 3.89. The van der Waals surface area contributed by atoms with Crippen LogP contribution in [0.25, 0.3) is 0 Å². The van der Waals surface area contributed by atoms with Crippen molar-refractivity contribution < 1.29 is 14.3 Å². The smallest absolute Gasteiger partial charge is 0.224 e. The highest BCUT2D eigenvalue weighted by Crippen LogP contribution is 2.25. The SMILES string of the molecule is COc1ccc(CC(=O)NC2CCCCC2)c(OC)c1. The molecule has 0 atom stereocenters. The summed E-state index contributed by atoms with van der Waals surface area (Å²) in [6, 6.07) is 5.90. The number of hydrogen-bond donors (Lipinski definition) is 1. The first-order valence-corrected chi connectivity index (χ1v) is 7.23. The van der Waals surface area contributed by atoms with Crippen molar-refractivity contribution in [1.82, 2.24) is 5.32 Å². The monoisotopic (exact) mass is 277 g/mol. The van der Waals surface area contributed by atoms with Crippen LogP contribution in [0, 0.1) is 0 Å². The lowest BCUT2D eigenvalue weighted by Gasteiger charge is -2.23. The molecule has 2 rings (SSSR count). The van der Waals surface area contributed by atoms with Crippen LogP contribution in [-0.2, 0) is 11.2 Å². The minimum Gasteiger partial charge on any atom is -0.497 e. The molecule has 0 bridgehead atoms. The minimum atomic E-state index is 0.0698. The molecule has 1 aliphatic carbocycles. The number of methoxy groups -OCH3 is 2. The van der Waals surface area contributed by atoms with Crippen molar-refractivity contribution in [2.75, 3.05) is 14.2 Å². The lowest BCUT2D eigenvalue weighted by Crippen LogP contribution is -2.37. The van der Waals surface area contributed by atoms with Crippen molar-refractivity contribution in [1.29, 1.82) is 0 Å². The van der Waals surface area contributed by atoms with E-state index in [1.54, 1.807) is 14.2 Å². The third-order valence-electron chi connectivity index (χ3n) is 3.82. The Bertz CT molecular complexity index is 453. The summed E-state index contributed by atoms with van der Waals surface area (Å²) in [7, 11) is 3.22. The summed E-state index contributed by atoms with van der Waals surface area (Å²) < 4.78 is 10.5. The molecule has 1 amide bonds. The number of amides is 1. The van der Waals surface area contributed by atoms with Crippen molar-refractivity contribution >= 4 is 5.91 Å². The molecule has 20 heavy (non-hydrogen) atoms. The lowest BCUT2D eigenvalue weighted by atomic mass is 9.95. The number of rotatable bonds is 5. The van der Waals surface area contributed by atoms with E-state index in [1.165, 1.54) is 19.3 Å². The van der Waals surface area contributed by atoms with Crippen LogP contribution in [0.3, 0.4) is 0 Å². The van der Waals surface area contributed by atoms with E-state index in [1.807, 2.05) is 18.2 Å². The van der Waals surface area contributed by atoms with Gasteiger partial charge in [-0.05, 0) is 18.9 Å². The highest BCUT2D eigenvalue weighted by atomic mass is 16.5. The number of benzene rings is 1. The van der Waals surface area contributed by atoms with Gasteiger partial charge in [0.05, 0.1) is 20.6 Å². The highest BCUT2D eigenvalue weighted by molar-refractivity contribution is 5.79. The molecule has 0 spiro atoms. The Morgan fingerprint density at radius 2 is 1.95 bits per heavy atom. The fraction of sp³-hybridized carbons (Fsp3) is 0.562. The minimum absolute atomic E-state index is 0.0698. The first kappa shape index (κ1) is 14.7. The van der Waals surface area contributed by atoms with Crippen molar-refractivity contribution in [3.05, 3.63) is 23.8 Å². The number of hydrogen-bond acceptors (Lipinski definition) is 3. The van der Waals surface area contributed by atoms with Gasteiger partial charge in [-0.1, -0.05) is 25.3 Å². The van der Waals surface area contributed by atoms with Crippen LogP contribution in [0.4, 0.5) is 0 Å². The Morgan fingerprint density at radius 1 is 1.20 bits per heavy atom. The van der Waals surface area contributed by atoms with Gasteiger partial charge < -0.3 is 14.8 Å². The normalized spacial score (nSPS) is 15.7. The Morgan fingerprint density at radius 3 is 2.60 bits per heavy atom. The maximum Gasteiger partial charge on any atom is 0.224 e. The molecule has 1 saturated carbocycles. The van der Waals surface area contributed by atoms with E-state index in [0.717, 1.165) is 24.2 Å². The summed E-state index contributed by atoms with van der Waals surface area (Å²) >= 11 is 0. The van der Waals surface area contributed by atoms with Gasteiger partial charge in [0.25, 0.3) is 0 Å². The molecule has 1 aromatic carbocycles. The van der Waals surface area contributed by atoms with Gasteiger partial charge in [0.1, 0.15) is 11.5 Å². The molecular formula is C16H23NO3. The molecule has 0 unspecified atom stereocenters. The molecule has 1 aliphatic rings. The van der Waals surface area contributed by atoms with Crippen molar-refractivity contribution in [2.45, 2.75) is 44.6 Å². The van der Waals surface area contributed by atoms with Crippen LogP contribution < -0.4 is 14.8 Å². The summed E-state index contributed by atoms with van der Waals surface area (Å²) in [5.74, 6) is 1.50. The van der Waals surface area contributed by atoms with Crippen LogP contribution in [-0.4, -0.2) is 26.2 Å². The number of carbonyl (C=O) groups is 1. The molecule has 110 valence electrons. The molecular weight excluding hydrogens is 254 g/mol. The topological polar surface area (TPSA) is 47.6 Å². The standard InChI is InChI=1S/C16H23NO3/c1-19-14-9-8-12(15(11-14)20-2)10-16(18)17-13-6-4-3-5-7-13/h8-9,11,13H,3-7,10H2,1-2H3,(H,17,18). The Kier molecular flexibility index (Phi) is 5.27. The predicted molar refractivity (Wildman–Crippen MR) is 78.3 cm³/mol. The number of ether oxygens (including phenoxy) is 2. The van der Waals surface area contributed by atoms with Gasteiger partial charge in [0.2, 0.25) is 5.91 Å². The first-order valence-electron chi connectivity index (χ1n) is 7.23. The van der Waals surface area contributed by atoms with E-state index in [-0.39, 0.29) is 5.91 Å². The van der Waals surface area contributed by atoms with Crippen LogP contribution in [0.15, 0.2) is 18.2 Å². The third-order valence-corrected chi connectivity index (χ3v) is 3.82. The van der Waals surface area contributed by atoms with E-state index in [2.05, 4.69) is 5.32 Å². The summed E-state index contributed by atoms with van der Waals surface area (Å²) in [6.07, 6.45) is 6.28. The van der Waals surface area contributed by atoms with Gasteiger partial charge in [-0.25, -0.2) is 0 Å². The maximum atomic E-state index is 12.1. The predicted octanol–water partition coefficient (Wildman–Crippen LogP) is 2.70. The van der Waals surface area contributed by atoms with Gasteiger partial charge >= 0.3 is 0 Å². The fourth-order valence-electron chi connectivity index (χ4n) is 2.70. The molecule has 0 aromatic heterocycles. The average molecular weight is 277 g/mol. The Labute approximate surface area is 120 Å². The largest absolute Gasteiger partial charge is 0.497 e. The van der Waals surface area contributed by atoms with Crippen LogP contribution in [0.1, 0.15) is 37.7 Å². The molecule has 0 saturated heterocycles. The Hall–Kier alpha value is -1.71. The number of carbonyl (C=O) groups excluding carboxylic acids is 1. The zero-order chi connectivity index (χ0) is 14.4. The molecule has 0 radical (unpaired) electrons. The molecule has 1 aromatic rings. The lowest BCUT2D eigenvalue weighted by molar-refractivity contribution is -0.121. The second kappa shape index (κ2) is 7.17. The Balaban J connectivity index is 1.96. The van der Waals surface area contributed by atoms with Crippen molar-refractivity contribution in [3.8, 4) is 11.5 Å². The fourth-order valence-corrected chi connectivity index (χ4v) is 2.70. The van der Waals surface area contributed by atoms with Gasteiger partial charge in [-0.2, -0.15) is 0 Å². The van der Waals surface area contributed by atoms with Crippen LogP contribution >= 0.6 is 0 Å². The first-order chi connectivity index (χ1) is 9.72. The second-order valence-electron chi connectivity index (χ2n) is 5.26. The van der Waals surface area contributed by atoms with Crippen LogP contribution in [0.5, 0.6) is 11.5 Å². The molecule has 4 heteroatoms. The zero-order valence-electron chi connectivity index (χ0n) is 12.3. The maximum absolute atomic E-state index is 12.1. The molecule has 0 heterocycles. The van der Waals surface area contributed by atoms with Crippen molar-refractivity contribution in [3.63, 3.8) is 0 Å². The quantitative estimate of drug-likeness (QED) is 0.900. The van der Waals surface area contributed by atoms with E-state index >= 15 is 0 Å². The molecule has 1 N–H and O–H groups in total. The van der Waals surface area contributed by atoms with Gasteiger partial charge in [0.15, 0.2) is 0 Å². The van der Waals surface area contributed by atoms with Gasteiger partial charge in [0, 0.05) is 17.7 Å². The van der Waals surface area contributed by atoms with Crippen molar-refractivity contribution in [2.24, 2.45) is 0 Å². The molecule has 4 nitrogen and oxygen atoms in total. The molecule has 0 aliphatic heterocycles. The summed E-state index contributed by atoms with van der Waals surface area (Å²) in [5.41, 5.74) is 0.890. The van der Waals surface area contributed by atoms with E-state index in [0.29, 0.717) is 18.2 Å². The summed E-state index contributed by atoms with van der Waals surface area (Å²) in [4.78, 5) is 12.1. The zero-order valence-corrected chi connectivity index (χ0v) is 12.3. The second-order valence-corrected chi connectivity index (χ2v) is 5.26. The number of nitrogens with one attached hydrogen (secondary N) is 1.